The van der Waals surface area contributed by atoms with Crippen LogP contribution in [0.4, 0.5) is 4.39 Å². The number of nitrogens with zero attached hydrogens (tertiary/aromatic N) is 1. The number of hydrogen-bond acceptors (Lipinski definition) is 4. The van der Waals surface area contributed by atoms with Gasteiger partial charge in [0.15, 0.2) is 5.78 Å². The fourth-order valence-electron chi connectivity index (χ4n) is 2.93. The Kier molecular flexibility index (Phi) is 6.50. The molecule has 6 nitrogen and oxygen atoms in total. The summed E-state index contributed by atoms with van der Waals surface area (Å²) in [5, 5.41) is 0. The van der Waals surface area contributed by atoms with E-state index >= 15 is 0 Å². The summed E-state index contributed by atoms with van der Waals surface area (Å²) in [5.74, 6) is -1.60. The molecule has 27 heavy (non-hydrogen) atoms. The number of halogens is 1. The molecule has 0 aliphatic carbocycles. The number of rotatable bonds is 7. The van der Waals surface area contributed by atoms with Gasteiger partial charge < -0.3 is 14.6 Å². The SMILES string of the molecule is CCOC(=O)c1[nH]c(C)c(C(=O)CN(CC)C(=O)c2ccc(F)cc2)c1C. The van der Waals surface area contributed by atoms with E-state index in [1.165, 1.54) is 29.2 Å². The van der Waals surface area contributed by atoms with Crippen LogP contribution >= 0.6 is 0 Å². The van der Waals surface area contributed by atoms with Crippen LogP contribution in [0.25, 0.3) is 0 Å². The summed E-state index contributed by atoms with van der Waals surface area (Å²) < 4.78 is 18.0. The van der Waals surface area contributed by atoms with E-state index in [9.17, 15) is 18.8 Å². The number of H-pyrrole nitrogens is 1. The molecule has 2 rings (SSSR count). The van der Waals surface area contributed by atoms with E-state index in [0.717, 1.165) is 0 Å². The number of hydrogen-bond donors (Lipinski definition) is 1. The molecule has 0 saturated heterocycles. The van der Waals surface area contributed by atoms with Crippen molar-refractivity contribution in [3.63, 3.8) is 0 Å². The van der Waals surface area contributed by atoms with Crippen molar-refractivity contribution in [2.45, 2.75) is 27.7 Å². The minimum Gasteiger partial charge on any atom is -0.461 e. The second-order valence-corrected chi connectivity index (χ2v) is 6.09. The summed E-state index contributed by atoms with van der Waals surface area (Å²) >= 11 is 0. The highest BCUT2D eigenvalue weighted by Crippen LogP contribution is 2.20. The van der Waals surface area contributed by atoms with Crippen LogP contribution in [0.3, 0.4) is 0 Å². The maximum absolute atomic E-state index is 13.1. The molecule has 1 amide bonds. The fourth-order valence-corrected chi connectivity index (χ4v) is 2.93. The van der Waals surface area contributed by atoms with Crippen LogP contribution < -0.4 is 0 Å². The Hall–Kier alpha value is -2.96. The van der Waals surface area contributed by atoms with Crippen molar-refractivity contribution in [3.8, 4) is 0 Å². The highest BCUT2D eigenvalue weighted by molar-refractivity contribution is 6.05. The van der Waals surface area contributed by atoms with E-state index in [1.54, 1.807) is 27.7 Å². The molecule has 1 aromatic heterocycles. The number of aryl methyl sites for hydroxylation is 1. The van der Waals surface area contributed by atoms with Gasteiger partial charge in [-0.2, -0.15) is 0 Å². The second kappa shape index (κ2) is 8.62. The number of amides is 1. The normalized spacial score (nSPS) is 10.6. The number of carbonyl (C=O) groups is 3. The minimum atomic E-state index is -0.521. The summed E-state index contributed by atoms with van der Waals surface area (Å²) in [6.45, 7) is 7.23. The number of likely N-dealkylation sites (N-methyl/N-ethyl adjacent to an activating group) is 1. The van der Waals surface area contributed by atoms with Crippen LogP contribution in [-0.2, 0) is 4.74 Å². The summed E-state index contributed by atoms with van der Waals surface area (Å²) in [7, 11) is 0. The molecule has 0 unspecified atom stereocenters. The van der Waals surface area contributed by atoms with Crippen LogP contribution in [-0.4, -0.2) is 47.2 Å². The first kappa shape index (κ1) is 20.4. The van der Waals surface area contributed by atoms with Crippen molar-refractivity contribution in [1.29, 1.82) is 0 Å². The molecule has 0 aliphatic rings. The van der Waals surface area contributed by atoms with Crippen molar-refractivity contribution in [1.82, 2.24) is 9.88 Å². The monoisotopic (exact) mass is 374 g/mol. The molecule has 0 bridgehead atoms. The number of aromatic nitrogens is 1. The van der Waals surface area contributed by atoms with E-state index in [-0.39, 0.29) is 30.5 Å². The highest BCUT2D eigenvalue weighted by atomic mass is 19.1. The van der Waals surface area contributed by atoms with Crippen molar-refractivity contribution in [3.05, 3.63) is 58.2 Å². The van der Waals surface area contributed by atoms with E-state index in [0.29, 0.717) is 28.9 Å². The van der Waals surface area contributed by atoms with Crippen LogP contribution in [0.15, 0.2) is 24.3 Å². The minimum absolute atomic E-state index is 0.144. The number of Topliss-reactive ketones (excluding diaryl/α,β-unsaturated/α-hetero) is 1. The predicted molar refractivity (Wildman–Crippen MR) is 98.5 cm³/mol. The van der Waals surface area contributed by atoms with Gasteiger partial charge in [-0.25, -0.2) is 9.18 Å². The van der Waals surface area contributed by atoms with Gasteiger partial charge in [-0.1, -0.05) is 0 Å². The van der Waals surface area contributed by atoms with Gasteiger partial charge in [-0.05, 0) is 57.5 Å². The Bertz CT molecular complexity index is 856. The van der Waals surface area contributed by atoms with Crippen molar-refractivity contribution in [2.75, 3.05) is 19.7 Å². The number of ketones is 1. The molecule has 1 heterocycles. The lowest BCUT2D eigenvalue weighted by Crippen LogP contribution is -2.35. The number of esters is 1. The molecule has 1 aromatic carbocycles. The van der Waals surface area contributed by atoms with Gasteiger partial charge in [-0.15, -0.1) is 0 Å². The third-order valence-electron chi connectivity index (χ3n) is 4.29. The average molecular weight is 374 g/mol. The van der Waals surface area contributed by atoms with Crippen molar-refractivity contribution in [2.24, 2.45) is 0 Å². The van der Waals surface area contributed by atoms with Crippen molar-refractivity contribution >= 4 is 17.7 Å². The Balaban J connectivity index is 2.23. The van der Waals surface area contributed by atoms with Gasteiger partial charge in [0.25, 0.3) is 5.91 Å². The lowest BCUT2D eigenvalue weighted by atomic mass is 10.0. The number of nitrogens with one attached hydrogen (secondary N) is 1. The van der Waals surface area contributed by atoms with Crippen LogP contribution in [0, 0.1) is 19.7 Å². The molecular formula is C20H23FN2O4. The Morgan fingerprint density at radius 1 is 1.11 bits per heavy atom. The Morgan fingerprint density at radius 2 is 1.74 bits per heavy atom. The Labute approximate surface area is 157 Å². The molecule has 0 aliphatic heterocycles. The maximum atomic E-state index is 13.1. The topological polar surface area (TPSA) is 79.5 Å². The quantitative estimate of drug-likeness (QED) is 0.596. The number of carbonyl (C=O) groups excluding carboxylic acids is 3. The molecule has 0 fully saturated rings. The standard InChI is InChI=1S/C20H23FN2O4/c1-5-23(19(25)14-7-9-15(21)10-8-14)11-16(24)17-12(3)18(22-13(17)4)20(26)27-6-2/h7-10,22H,5-6,11H2,1-4H3. The van der Waals surface area contributed by atoms with E-state index < -0.39 is 11.8 Å². The van der Waals surface area contributed by atoms with E-state index in [1.807, 2.05) is 0 Å². The number of benzene rings is 1. The van der Waals surface area contributed by atoms with Gasteiger partial charge in [0.2, 0.25) is 0 Å². The first-order valence-corrected chi connectivity index (χ1v) is 8.74. The highest BCUT2D eigenvalue weighted by Gasteiger charge is 2.25. The Morgan fingerprint density at radius 3 is 2.30 bits per heavy atom. The lowest BCUT2D eigenvalue weighted by molar-refractivity contribution is 0.0519. The van der Waals surface area contributed by atoms with Gasteiger partial charge in [0, 0.05) is 23.4 Å². The van der Waals surface area contributed by atoms with Gasteiger partial charge in [-0.3, -0.25) is 9.59 Å². The molecule has 144 valence electrons. The molecule has 2 aromatic rings. The van der Waals surface area contributed by atoms with E-state index in [2.05, 4.69) is 4.98 Å². The first-order valence-electron chi connectivity index (χ1n) is 8.74. The third kappa shape index (κ3) is 4.42. The maximum Gasteiger partial charge on any atom is 0.355 e. The fraction of sp³-hybridized carbons (Fsp3) is 0.350. The smallest absolute Gasteiger partial charge is 0.355 e. The molecular weight excluding hydrogens is 351 g/mol. The summed E-state index contributed by atoms with van der Waals surface area (Å²) in [6, 6.07) is 5.18. The summed E-state index contributed by atoms with van der Waals surface area (Å²) in [4.78, 5) is 41.7. The third-order valence-corrected chi connectivity index (χ3v) is 4.29. The zero-order valence-electron chi connectivity index (χ0n) is 15.9. The van der Waals surface area contributed by atoms with Crippen LogP contribution in [0.5, 0.6) is 0 Å². The zero-order chi connectivity index (χ0) is 20.1. The summed E-state index contributed by atoms with van der Waals surface area (Å²) in [5.41, 5.74) is 1.97. The lowest BCUT2D eigenvalue weighted by Gasteiger charge is -2.20. The molecule has 0 spiro atoms. The van der Waals surface area contributed by atoms with Gasteiger partial charge >= 0.3 is 5.97 Å². The molecule has 0 saturated carbocycles. The molecule has 0 radical (unpaired) electrons. The first-order chi connectivity index (χ1) is 12.8. The predicted octanol–water partition coefficient (Wildman–Crippen LogP) is 3.29. The number of aromatic amines is 1. The summed E-state index contributed by atoms with van der Waals surface area (Å²) in [6.07, 6.45) is 0. The van der Waals surface area contributed by atoms with Gasteiger partial charge in [0.05, 0.1) is 13.2 Å². The zero-order valence-corrected chi connectivity index (χ0v) is 15.9. The van der Waals surface area contributed by atoms with Crippen LogP contribution in [0.1, 0.15) is 56.3 Å². The van der Waals surface area contributed by atoms with Crippen molar-refractivity contribution < 1.29 is 23.5 Å². The molecule has 0 atom stereocenters. The second-order valence-electron chi connectivity index (χ2n) is 6.09. The number of ether oxygens (including phenoxy) is 1. The van der Waals surface area contributed by atoms with Crippen LogP contribution in [0.2, 0.25) is 0 Å². The van der Waals surface area contributed by atoms with Gasteiger partial charge in [0.1, 0.15) is 11.5 Å². The average Bonchev–Trinajstić information content (AvgIpc) is 2.94. The molecule has 1 N–H and O–H groups in total. The van der Waals surface area contributed by atoms with E-state index in [4.69, 9.17) is 4.74 Å². The molecule has 7 heteroatoms. The largest absolute Gasteiger partial charge is 0.461 e.